The number of aliphatic carboxylic acids is 1. The number of aromatic nitrogens is 2. The standard InChI is InChI=1S/C11H16N2O2/c1-7(11(14)15)5-9-6-10(13-12-9)8-3-2-4-8/h6-8H,2-5H2,1H3,(H,12,13)(H,14,15). The lowest BCUT2D eigenvalue weighted by molar-refractivity contribution is -0.141. The number of carboxylic acid groups (broad SMARTS) is 1. The summed E-state index contributed by atoms with van der Waals surface area (Å²) in [5.74, 6) is -0.496. The van der Waals surface area contributed by atoms with Crippen LogP contribution >= 0.6 is 0 Å². The van der Waals surface area contributed by atoms with Crippen LogP contribution in [-0.4, -0.2) is 21.3 Å². The number of aromatic amines is 1. The second-order valence-electron chi connectivity index (χ2n) is 4.39. The molecule has 82 valence electrons. The van der Waals surface area contributed by atoms with Crippen LogP contribution in [0.4, 0.5) is 0 Å². The maximum absolute atomic E-state index is 10.7. The Morgan fingerprint density at radius 2 is 2.47 bits per heavy atom. The number of nitrogens with zero attached hydrogens (tertiary/aromatic N) is 1. The van der Waals surface area contributed by atoms with E-state index in [1.54, 1.807) is 6.92 Å². The van der Waals surface area contributed by atoms with Crippen molar-refractivity contribution in [3.8, 4) is 0 Å². The van der Waals surface area contributed by atoms with Gasteiger partial charge < -0.3 is 5.11 Å². The van der Waals surface area contributed by atoms with Crippen molar-refractivity contribution in [2.24, 2.45) is 5.92 Å². The maximum atomic E-state index is 10.7. The van der Waals surface area contributed by atoms with Crippen LogP contribution in [0.1, 0.15) is 43.5 Å². The third kappa shape index (κ3) is 2.19. The monoisotopic (exact) mass is 208 g/mol. The van der Waals surface area contributed by atoms with E-state index in [1.165, 1.54) is 19.3 Å². The van der Waals surface area contributed by atoms with E-state index in [4.69, 9.17) is 5.11 Å². The molecule has 0 aromatic carbocycles. The topological polar surface area (TPSA) is 66.0 Å². The molecule has 4 nitrogen and oxygen atoms in total. The van der Waals surface area contributed by atoms with Crippen molar-refractivity contribution >= 4 is 5.97 Å². The molecule has 15 heavy (non-hydrogen) atoms. The van der Waals surface area contributed by atoms with Crippen molar-refractivity contribution < 1.29 is 9.90 Å². The largest absolute Gasteiger partial charge is 0.481 e. The molecule has 1 heterocycles. The molecule has 1 aliphatic carbocycles. The van der Waals surface area contributed by atoms with Crippen molar-refractivity contribution in [1.82, 2.24) is 10.2 Å². The zero-order valence-electron chi connectivity index (χ0n) is 8.86. The highest BCUT2D eigenvalue weighted by Crippen LogP contribution is 2.35. The van der Waals surface area contributed by atoms with E-state index in [0.717, 1.165) is 11.4 Å². The molecule has 1 fully saturated rings. The number of carbonyl (C=O) groups is 1. The Hall–Kier alpha value is -1.32. The number of hydrogen-bond acceptors (Lipinski definition) is 2. The number of nitrogens with one attached hydrogen (secondary N) is 1. The van der Waals surface area contributed by atoms with E-state index in [9.17, 15) is 4.79 Å². The number of rotatable bonds is 4. The molecule has 0 saturated heterocycles. The number of carboxylic acids is 1. The summed E-state index contributed by atoms with van der Waals surface area (Å²) in [7, 11) is 0. The highest BCUT2D eigenvalue weighted by atomic mass is 16.4. The lowest BCUT2D eigenvalue weighted by Crippen LogP contribution is -2.12. The summed E-state index contributed by atoms with van der Waals surface area (Å²) in [6.07, 6.45) is 4.27. The van der Waals surface area contributed by atoms with Gasteiger partial charge in [0.1, 0.15) is 0 Å². The second kappa shape index (κ2) is 4.04. The predicted molar refractivity (Wildman–Crippen MR) is 55.7 cm³/mol. The van der Waals surface area contributed by atoms with Crippen molar-refractivity contribution in [3.63, 3.8) is 0 Å². The Morgan fingerprint density at radius 3 is 3.00 bits per heavy atom. The number of H-pyrrole nitrogens is 1. The van der Waals surface area contributed by atoms with Crippen LogP contribution in [0.3, 0.4) is 0 Å². The Kier molecular flexibility index (Phi) is 2.75. The summed E-state index contributed by atoms with van der Waals surface area (Å²) in [6.45, 7) is 1.71. The van der Waals surface area contributed by atoms with Gasteiger partial charge in [-0.1, -0.05) is 13.3 Å². The molecule has 0 bridgehead atoms. The van der Waals surface area contributed by atoms with Gasteiger partial charge in [-0.2, -0.15) is 5.10 Å². The lowest BCUT2D eigenvalue weighted by Gasteiger charge is -2.22. The molecule has 1 aromatic rings. The zero-order chi connectivity index (χ0) is 10.8. The third-order valence-electron chi connectivity index (χ3n) is 3.12. The van der Waals surface area contributed by atoms with Crippen LogP contribution < -0.4 is 0 Å². The maximum Gasteiger partial charge on any atom is 0.306 e. The van der Waals surface area contributed by atoms with Gasteiger partial charge in [0.25, 0.3) is 0 Å². The molecule has 1 saturated carbocycles. The fourth-order valence-electron chi connectivity index (χ4n) is 1.81. The predicted octanol–water partition coefficient (Wildman–Crippen LogP) is 1.94. The lowest BCUT2D eigenvalue weighted by atomic mass is 9.83. The van der Waals surface area contributed by atoms with Gasteiger partial charge >= 0.3 is 5.97 Å². The van der Waals surface area contributed by atoms with Gasteiger partial charge in [-0.05, 0) is 18.9 Å². The molecule has 0 radical (unpaired) electrons. The molecule has 4 heteroatoms. The van der Waals surface area contributed by atoms with Crippen molar-refractivity contribution in [2.45, 2.75) is 38.5 Å². The summed E-state index contributed by atoms with van der Waals surface area (Å²) in [5, 5.41) is 15.9. The fourth-order valence-corrected chi connectivity index (χ4v) is 1.81. The Balaban J connectivity index is 1.97. The van der Waals surface area contributed by atoms with Gasteiger partial charge in [-0.15, -0.1) is 0 Å². The molecule has 1 unspecified atom stereocenters. The summed E-state index contributed by atoms with van der Waals surface area (Å²) >= 11 is 0. The van der Waals surface area contributed by atoms with Crippen LogP contribution in [0, 0.1) is 5.92 Å². The molecule has 2 rings (SSSR count). The Labute approximate surface area is 88.7 Å². The SMILES string of the molecule is CC(Cc1cc(C2CCC2)n[nH]1)C(=O)O. The molecule has 1 aromatic heterocycles. The summed E-state index contributed by atoms with van der Waals surface area (Å²) in [6, 6.07) is 2.02. The minimum atomic E-state index is -0.755. The van der Waals surface area contributed by atoms with Gasteiger partial charge in [0.15, 0.2) is 0 Å². The summed E-state index contributed by atoms with van der Waals surface area (Å²) in [5.41, 5.74) is 2.04. The van der Waals surface area contributed by atoms with E-state index < -0.39 is 5.97 Å². The Morgan fingerprint density at radius 1 is 1.73 bits per heavy atom. The van der Waals surface area contributed by atoms with E-state index in [0.29, 0.717) is 12.3 Å². The van der Waals surface area contributed by atoms with Crippen molar-refractivity contribution in [3.05, 3.63) is 17.5 Å². The first-order valence-electron chi connectivity index (χ1n) is 5.44. The average molecular weight is 208 g/mol. The fraction of sp³-hybridized carbons (Fsp3) is 0.636. The second-order valence-corrected chi connectivity index (χ2v) is 4.39. The van der Waals surface area contributed by atoms with Crippen LogP contribution in [0.25, 0.3) is 0 Å². The molecular weight excluding hydrogens is 192 g/mol. The van der Waals surface area contributed by atoms with Gasteiger partial charge in [0.2, 0.25) is 0 Å². The molecule has 0 aliphatic heterocycles. The van der Waals surface area contributed by atoms with Crippen LogP contribution in [-0.2, 0) is 11.2 Å². The van der Waals surface area contributed by atoms with Crippen molar-refractivity contribution in [2.75, 3.05) is 0 Å². The molecule has 0 spiro atoms. The van der Waals surface area contributed by atoms with E-state index in [1.807, 2.05) is 6.07 Å². The van der Waals surface area contributed by atoms with Crippen LogP contribution in [0.15, 0.2) is 6.07 Å². The zero-order valence-corrected chi connectivity index (χ0v) is 8.86. The molecule has 0 amide bonds. The van der Waals surface area contributed by atoms with Gasteiger partial charge in [0.05, 0.1) is 11.6 Å². The van der Waals surface area contributed by atoms with E-state index in [2.05, 4.69) is 10.2 Å². The summed E-state index contributed by atoms with van der Waals surface area (Å²) in [4.78, 5) is 10.7. The van der Waals surface area contributed by atoms with Crippen LogP contribution in [0.2, 0.25) is 0 Å². The first-order chi connectivity index (χ1) is 7.16. The Bertz CT molecular complexity index is 355. The molecule has 1 aliphatic rings. The summed E-state index contributed by atoms with van der Waals surface area (Å²) < 4.78 is 0. The van der Waals surface area contributed by atoms with Gasteiger partial charge in [0, 0.05) is 18.0 Å². The normalized spacial score (nSPS) is 18.5. The molecular formula is C11H16N2O2. The average Bonchev–Trinajstić information content (AvgIpc) is 2.49. The first kappa shape index (κ1) is 10.2. The molecule has 2 N–H and O–H groups in total. The van der Waals surface area contributed by atoms with Gasteiger partial charge in [-0.3, -0.25) is 9.89 Å². The number of hydrogen-bond donors (Lipinski definition) is 2. The van der Waals surface area contributed by atoms with Gasteiger partial charge in [-0.25, -0.2) is 0 Å². The third-order valence-corrected chi connectivity index (χ3v) is 3.12. The quantitative estimate of drug-likeness (QED) is 0.794. The minimum Gasteiger partial charge on any atom is -0.481 e. The minimum absolute atomic E-state index is 0.348. The smallest absolute Gasteiger partial charge is 0.306 e. The molecule has 1 atom stereocenters. The van der Waals surface area contributed by atoms with Crippen LogP contribution in [0.5, 0.6) is 0 Å². The van der Waals surface area contributed by atoms with E-state index >= 15 is 0 Å². The highest BCUT2D eigenvalue weighted by molar-refractivity contribution is 5.69. The first-order valence-corrected chi connectivity index (χ1v) is 5.44. The highest BCUT2D eigenvalue weighted by Gasteiger charge is 2.22. The van der Waals surface area contributed by atoms with Crippen molar-refractivity contribution in [1.29, 1.82) is 0 Å². The van der Waals surface area contributed by atoms with E-state index in [-0.39, 0.29) is 5.92 Å².